The molecule has 2 aromatic carbocycles. The molecule has 3 atom stereocenters. The monoisotopic (exact) mass is 511 g/mol. The lowest BCUT2D eigenvalue weighted by Crippen LogP contribution is -2.47. The van der Waals surface area contributed by atoms with Crippen LogP contribution in [-0.2, 0) is 16.1 Å². The van der Waals surface area contributed by atoms with E-state index in [9.17, 15) is 0 Å². The van der Waals surface area contributed by atoms with Gasteiger partial charge in [-0.25, -0.2) is 0 Å². The Bertz CT molecular complexity index is 952. The zero-order valence-electron chi connectivity index (χ0n) is 23.0. The Hall–Kier alpha value is -2.32. The van der Waals surface area contributed by atoms with Crippen molar-refractivity contribution in [1.29, 1.82) is 0 Å². The molecule has 2 N–H and O–H groups in total. The molecule has 2 aliphatic heterocycles. The molecule has 7 heteroatoms. The first-order chi connectivity index (χ1) is 18.1. The number of ether oxygens (including phenoxy) is 4. The van der Waals surface area contributed by atoms with Gasteiger partial charge in [0.25, 0.3) is 0 Å². The summed E-state index contributed by atoms with van der Waals surface area (Å²) in [6, 6.07) is 15.5. The third-order valence-corrected chi connectivity index (χ3v) is 7.45. The number of fused-ring (bicyclic) bond motifs is 1. The van der Waals surface area contributed by atoms with E-state index in [1.54, 1.807) is 14.2 Å². The van der Waals surface area contributed by atoms with E-state index in [1.807, 2.05) is 0 Å². The molecule has 2 aromatic rings. The lowest BCUT2D eigenvalue weighted by molar-refractivity contribution is -0.00727. The van der Waals surface area contributed by atoms with Crippen molar-refractivity contribution in [3.8, 4) is 11.5 Å². The standard InChI is InChI=1S/C30H45N3O4/c1-22(2)32-13-12-25-19-31-20-29(30(25)24-7-9-26(35-4)10-8-24)37-21-23-6-11-28-27(18-23)33(15-17-36-28)14-5-16-34-3/h6-11,18,22,25,29-32H,5,12-17,19-21H2,1-4H3/t25?,29-,30-/m0/s1. The second-order valence-corrected chi connectivity index (χ2v) is 10.4. The summed E-state index contributed by atoms with van der Waals surface area (Å²) >= 11 is 0. The van der Waals surface area contributed by atoms with Crippen LogP contribution in [0.1, 0.15) is 43.7 Å². The molecule has 4 rings (SSSR count). The predicted octanol–water partition coefficient (Wildman–Crippen LogP) is 4.21. The Labute approximate surface area is 222 Å². The highest BCUT2D eigenvalue weighted by atomic mass is 16.5. The van der Waals surface area contributed by atoms with Crippen LogP contribution in [0.4, 0.5) is 5.69 Å². The second kappa shape index (κ2) is 14.0. The zero-order chi connectivity index (χ0) is 26.0. The van der Waals surface area contributed by atoms with E-state index in [0.29, 0.717) is 24.5 Å². The third-order valence-electron chi connectivity index (χ3n) is 7.45. The number of nitrogens with zero attached hydrogens (tertiary/aromatic N) is 1. The van der Waals surface area contributed by atoms with Crippen LogP contribution in [-0.4, -0.2) is 72.3 Å². The molecule has 37 heavy (non-hydrogen) atoms. The van der Waals surface area contributed by atoms with Crippen molar-refractivity contribution in [2.75, 3.05) is 65.1 Å². The highest BCUT2D eigenvalue weighted by Gasteiger charge is 2.35. The minimum Gasteiger partial charge on any atom is -0.497 e. The largest absolute Gasteiger partial charge is 0.497 e. The molecule has 0 aromatic heterocycles. The third kappa shape index (κ3) is 7.60. The van der Waals surface area contributed by atoms with Crippen LogP contribution in [0.25, 0.3) is 0 Å². The van der Waals surface area contributed by atoms with Crippen molar-refractivity contribution in [3.05, 3.63) is 53.6 Å². The van der Waals surface area contributed by atoms with Crippen molar-refractivity contribution in [3.63, 3.8) is 0 Å². The maximum atomic E-state index is 6.68. The summed E-state index contributed by atoms with van der Waals surface area (Å²) in [5, 5.41) is 7.24. The van der Waals surface area contributed by atoms with Crippen LogP contribution in [0, 0.1) is 5.92 Å². The first-order valence-electron chi connectivity index (χ1n) is 13.8. The Morgan fingerprint density at radius 1 is 1.11 bits per heavy atom. The number of benzene rings is 2. The van der Waals surface area contributed by atoms with E-state index in [2.05, 4.69) is 71.8 Å². The van der Waals surface area contributed by atoms with Gasteiger partial charge in [-0.15, -0.1) is 0 Å². The molecular weight excluding hydrogens is 466 g/mol. The number of anilines is 1. The fourth-order valence-electron chi connectivity index (χ4n) is 5.53. The Balaban J connectivity index is 1.47. The van der Waals surface area contributed by atoms with E-state index in [-0.39, 0.29) is 6.10 Å². The molecule has 0 radical (unpaired) electrons. The van der Waals surface area contributed by atoms with Crippen molar-refractivity contribution in [2.45, 2.75) is 51.4 Å². The normalized spacial score (nSPS) is 21.5. The van der Waals surface area contributed by atoms with Gasteiger partial charge in [0.1, 0.15) is 18.1 Å². The van der Waals surface area contributed by atoms with Gasteiger partial charge in [-0.1, -0.05) is 32.0 Å². The van der Waals surface area contributed by atoms with Crippen molar-refractivity contribution >= 4 is 5.69 Å². The van der Waals surface area contributed by atoms with Crippen LogP contribution >= 0.6 is 0 Å². The average Bonchev–Trinajstić information content (AvgIpc) is 2.92. The van der Waals surface area contributed by atoms with Crippen LogP contribution in [0.15, 0.2) is 42.5 Å². The van der Waals surface area contributed by atoms with Crippen molar-refractivity contribution in [1.82, 2.24) is 10.6 Å². The van der Waals surface area contributed by atoms with Gasteiger partial charge in [0.15, 0.2) is 0 Å². The molecule has 2 aliphatic rings. The molecule has 0 saturated carbocycles. The lowest BCUT2D eigenvalue weighted by Gasteiger charge is -2.39. The Morgan fingerprint density at radius 3 is 2.70 bits per heavy atom. The van der Waals surface area contributed by atoms with Crippen LogP contribution in [0.5, 0.6) is 11.5 Å². The number of methoxy groups -OCH3 is 2. The molecule has 7 nitrogen and oxygen atoms in total. The highest BCUT2D eigenvalue weighted by molar-refractivity contribution is 5.61. The zero-order valence-corrected chi connectivity index (χ0v) is 23.0. The first-order valence-corrected chi connectivity index (χ1v) is 13.8. The van der Waals surface area contributed by atoms with Gasteiger partial charge in [0.2, 0.25) is 0 Å². The molecule has 2 heterocycles. The van der Waals surface area contributed by atoms with Crippen LogP contribution in [0.3, 0.4) is 0 Å². The minimum absolute atomic E-state index is 0.0938. The lowest BCUT2D eigenvalue weighted by atomic mass is 9.77. The molecule has 1 unspecified atom stereocenters. The quantitative estimate of drug-likeness (QED) is 0.391. The molecular formula is C30H45N3O4. The van der Waals surface area contributed by atoms with Gasteiger partial charge in [0, 0.05) is 38.8 Å². The highest BCUT2D eigenvalue weighted by Crippen LogP contribution is 2.37. The molecule has 0 aliphatic carbocycles. The van der Waals surface area contributed by atoms with E-state index in [0.717, 1.165) is 76.0 Å². The molecule has 1 saturated heterocycles. The smallest absolute Gasteiger partial charge is 0.142 e. The fourth-order valence-corrected chi connectivity index (χ4v) is 5.53. The van der Waals surface area contributed by atoms with Crippen LogP contribution in [0.2, 0.25) is 0 Å². The van der Waals surface area contributed by atoms with E-state index in [1.165, 1.54) is 11.1 Å². The van der Waals surface area contributed by atoms with Crippen molar-refractivity contribution in [2.24, 2.45) is 5.92 Å². The molecule has 0 bridgehead atoms. The van der Waals surface area contributed by atoms with Crippen molar-refractivity contribution < 1.29 is 18.9 Å². The summed E-state index contributed by atoms with van der Waals surface area (Å²) in [6.07, 6.45) is 2.20. The Kier molecular flexibility index (Phi) is 10.5. The summed E-state index contributed by atoms with van der Waals surface area (Å²) in [5.74, 6) is 2.67. The maximum Gasteiger partial charge on any atom is 0.142 e. The summed E-state index contributed by atoms with van der Waals surface area (Å²) in [7, 11) is 3.47. The number of hydrogen-bond donors (Lipinski definition) is 2. The number of hydrogen-bond acceptors (Lipinski definition) is 7. The Morgan fingerprint density at radius 2 is 1.95 bits per heavy atom. The molecule has 1 fully saturated rings. The molecule has 0 amide bonds. The van der Waals surface area contributed by atoms with Gasteiger partial charge in [-0.2, -0.15) is 0 Å². The molecule has 204 valence electrons. The minimum atomic E-state index is 0.0938. The topological polar surface area (TPSA) is 64.2 Å². The van der Waals surface area contributed by atoms with Gasteiger partial charge in [0.05, 0.1) is 32.1 Å². The molecule has 0 spiro atoms. The van der Waals surface area contributed by atoms with Gasteiger partial charge < -0.3 is 34.5 Å². The van der Waals surface area contributed by atoms with Gasteiger partial charge in [-0.3, -0.25) is 0 Å². The average molecular weight is 512 g/mol. The SMILES string of the molecule is COCCCN1CCOc2ccc(CO[C@H]3CNCC(CCNC(C)C)[C@@H]3c3ccc(OC)cc3)cc21. The number of rotatable bonds is 13. The number of nitrogens with one attached hydrogen (secondary N) is 2. The fraction of sp³-hybridized carbons (Fsp3) is 0.600. The van der Waals surface area contributed by atoms with Crippen LogP contribution < -0.4 is 25.0 Å². The first kappa shape index (κ1) is 27.7. The van der Waals surface area contributed by atoms with E-state index in [4.69, 9.17) is 18.9 Å². The van der Waals surface area contributed by atoms with E-state index < -0.39 is 0 Å². The number of piperidine rings is 1. The summed E-state index contributed by atoms with van der Waals surface area (Å²) < 4.78 is 23.3. The summed E-state index contributed by atoms with van der Waals surface area (Å²) in [6.45, 7) is 11.2. The predicted molar refractivity (Wildman–Crippen MR) is 149 cm³/mol. The summed E-state index contributed by atoms with van der Waals surface area (Å²) in [4.78, 5) is 2.40. The van der Waals surface area contributed by atoms with E-state index >= 15 is 0 Å². The summed E-state index contributed by atoms with van der Waals surface area (Å²) in [5.41, 5.74) is 3.66. The second-order valence-electron chi connectivity index (χ2n) is 10.4. The van der Waals surface area contributed by atoms with Gasteiger partial charge >= 0.3 is 0 Å². The maximum absolute atomic E-state index is 6.68. The van der Waals surface area contributed by atoms with Gasteiger partial charge in [-0.05, 0) is 67.2 Å².